The summed E-state index contributed by atoms with van der Waals surface area (Å²) in [6, 6.07) is 17.2. The molecule has 0 aliphatic carbocycles. The molecule has 4 rings (SSSR count). The van der Waals surface area contributed by atoms with Gasteiger partial charge in [-0.1, -0.05) is 28.1 Å². The van der Waals surface area contributed by atoms with Crippen LogP contribution >= 0.6 is 15.9 Å². The molecule has 0 saturated carbocycles. The molecule has 1 aromatic carbocycles. The van der Waals surface area contributed by atoms with E-state index in [-0.39, 0.29) is 16.8 Å². The SMILES string of the molecule is COC(=O)c1c(C(=O)OC)c2cccc(-c3ccccn3)n2c1C(=O)c1ccc(Br)cc1. The third-order valence-electron chi connectivity index (χ3n) is 4.98. The molecular formula is C24H17BrN2O5. The van der Waals surface area contributed by atoms with Crippen LogP contribution in [0.15, 0.2) is 71.3 Å². The molecule has 0 aliphatic rings. The first-order valence-electron chi connectivity index (χ1n) is 9.53. The first kappa shape index (κ1) is 21.5. The largest absolute Gasteiger partial charge is 0.465 e. The average Bonchev–Trinajstić information content (AvgIpc) is 3.19. The zero-order valence-electron chi connectivity index (χ0n) is 17.2. The lowest BCUT2D eigenvalue weighted by Gasteiger charge is -2.10. The first-order chi connectivity index (χ1) is 15.5. The highest BCUT2D eigenvalue weighted by Gasteiger charge is 2.34. The second kappa shape index (κ2) is 8.76. The lowest BCUT2D eigenvalue weighted by molar-refractivity contribution is 0.0556. The summed E-state index contributed by atoms with van der Waals surface area (Å²) in [6.07, 6.45) is 1.62. The van der Waals surface area contributed by atoms with E-state index in [1.807, 2.05) is 6.07 Å². The molecule has 4 aromatic rings. The van der Waals surface area contributed by atoms with Gasteiger partial charge in [0.1, 0.15) is 16.8 Å². The fraction of sp³-hybridized carbons (Fsp3) is 0.0833. The predicted octanol–water partition coefficient (Wildman–Crippen LogP) is 4.57. The fourth-order valence-corrected chi connectivity index (χ4v) is 3.84. The Bertz CT molecular complexity index is 1340. The molecule has 32 heavy (non-hydrogen) atoms. The molecule has 160 valence electrons. The number of ether oxygens (including phenoxy) is 2. The van der Waals surface area contributed by atoms with Crippen LogP contribution in [0.25, 0.3) is 16.9 Å². The molecule has 0 N–H and O–H groups in total. The molecule has 3 heterocycles. The van der Waals surface area contributed by atoms with Gasteiger partial charge in [-0.15, -0.1) is 0 Å². The van der Waals surface area contributed by atoms with Gasteiger partial charge in [0.2, 0.25) is 5.78 Å². The number of esters is 2. The van der Waals surface area contributed by atoms with Crippen LogP contribution < -0.4 is 0 Å². The molecule has 0 amide bonds. The van der Waals surface area contributed by atoms with Crippen molar-refractivity contribution in [1.82, 2.24) is 9.38 Å². The Morgan fingerprint density at radius 2 is 1.53 bits per heavy atom. The third kappa shape index (κ3) is 3.58. The van der Waals surface area contributed by atoms with Crippen molar-refractivity contribution in [3.05, 3.63) is 93.7 Å². The van der Waals surface area contributed by atoms with Crippen molar-refractivity contribution in [2.45, 2.75) is 0 Å². The monoisotopic (exact) mass is 492 g/mol. The number of rotatable bonds is 5. The number of carbonyl (C=O) groups is 3. The molecule has 0 unspecified atom stereocenters. The second-order valence-electron chi connectivity index (χ2n) is 6.76. The Balaban J connectivity index is 2.16. The van der Waals surface area contributed by atoms with E-state index in [1.165, 1.54) is 14.2 Å². The maximum atomic E-state index is 13.7. The number of hydrogen-bond donors (Lipinski definition) is 0. The quantitative estimate of drug-likeness (QED) is 0.299. The van der Waals surface area contributed by atoms with Crippen LogP contribution in [0.4, 0.5) is 0 Å². The van der Waals surface area contributed by atoms with Gasteiger partial charge >= 0.3 is 11.9 Å². The van der Waals surface area contributed by atoms with E-state index in [0.717, 1.165) is 4.47 Å². The van der Waals surface area contributed by atoms with Gasteiger partial charge in [-0.3, -0.25) is 9.78 Å². The number of benzene rings is 1. The molecular weight excluding hydrogens is 476 g/mol. The standard InChI is InChI=1S/C24H17BrN2O5/c1-31-23(29)19-18-8-5-7-17(16-6-3-4-13-26-16)27(18)21(20(19)24(30)32-2)22(28)14-9-11-15(25)12-10-14/h3-13H,1-2H3. The number of hydrogen-bond acceptors (Lipinski definition) is 6. The zero-order valence-corrected chi connectivity index (χ0v) is 18.8. The van der Waals surface area contributed by atoms with Gasteiger partial charge in [-0.25, -0.2) is 9.59 Å². The molecule has 0 atom stereocenters. The number of halogens is 1. The summed E-state index contributed by atoms with van der Waals surface area (Å²) < 4.78 is 12.3. The molecule has 0 saturated heterocycles. The Morgan fingerprint density at radius 1 is 0.844 bits per heavy atom. The minimum atomic E-state index is -0.818. The summed E-state index contributed by atoms with van der Waals surface area (Å²) in [4.78, 5) is 43.7. The van der Waals surface area contributed by atoms with Crippen LogP contribution in [-0.2, 0) is 9.47 Å². The van der Waals surface area contributed by atoms with Crippen molar-refractivity contribution in [2.24, 2.45) is 0 Å². The summed E-state index contributed by atoms with van der Waals surface area (Å²) >= 11 is 3.35. The highest BCUT2D eigenvalue weighted by molar-refractivity contribution is 9.10. The van der Waals surface area contributed by atoms with E-state index >= 15 is 0 Å². The highest BCUT2D eigenvalue weighted by Crippen LogP contribution is 2.32. The number of aromatic nitrogens is 2. The van der Waals surface area contributed by atoms with Gasteiger partial charge in [-0.2, -0.15) is 0 Å². The summed E-state index contributed by atoms with van der Waals surface area (Å²) in [5.41, 5.74) is 1.56. The van der Waals surface area contributed by atoms with Gasteiger partial charge in [0.15, 0.2) is 0 Å². The number of ketones is 1. The van der Waals surface area contributed by atoms with Crippen molar-refractivity contribution in [3.63, 3.8) is 0 Å². The van der Waals surface area contributed by atoms with Crippen LogP contribution in [0.2, 0.25) is 0 Å². The van der Waals surface area contributed by atoms with Gasteiger partial charge in [0.05, 0.1) is 31.1 Å². The Kier molecular flexibility index (Phi) is 5.87. The molecule has 7 nitrogen and oxygen atoms in total. The second-order valence-corrected chi connectivity index (χ2v) is 7.68. The molecule has 3 aromatic heterocycles. The molecule has 0 fully saturated rings. The van der Waals surface area contributed by atoms with Crippen LogP contribution in [-0.4, -0.2) is 41.3 Å². The molecule has 8 heteroatoms. The zero-order chi connectivity index (χ0) is 22.8. The van der Waals surface area contributed by atoms with E-state index in [4.69, 9.17) is 9.47 Å². The maximum Gasteiger partial charge on any atom is 0.341 e. The Hall–Kier alpha value is -3.78. The first-order valence-corrected chi connectivity index (χ1v) is 10.3. The molecule has 0 bridgehead atoms. The summed E-state index contributed by atoms with van der Waals surface area (Å²) in [6.45, 7) is 0. The molecule has 0 aliphatic heterocycles. The van der Waals surface area contributed by atoms with Crippen molar-refractivity contribution in [3.8, 4) is 11.4 Å². The molecule has 0 spiro atoms. The summed E-state index contributed by atoms with van der Waals surface area (Å²) in [5, 5.41) is 0. The normalized spacial score (nSPS) is 10.7. The minimum absolute atomic E-state index is 0.00387. The van der Waals surface area contributed by atoms with E-state index in [9.17, 15) is 14.4 Å². The number of methoxy groups -OCH3 is 2. The van der Waals surface area contributed by atoms with E-state index < -0.39 is 17.7 Å². The Morgan fingerprint density at radius 3 is 2.16 bits per heavy atom. The summed E-state index contributed by atoms with van der Waals surface area (Å²) in [7, 11) is 2.41. The fourth-order valence-electron chi connectivity index (χ4n) is 3.58. The predicted molar refractivity (Wildman–Crippen MR) is 121 cm³/mol. The van der Waals surface area contributed by atoms with Crippen molar-refractivity contribution in [2.75, 3.05) is 14.2 Å². The smallest absolute Gasteiger partial charge is 0.341 e. The lowest BCUT2D eigenvalue weighted by Crippen LogP contribution is -2.15. The van der Waals surface area contributed by atoms with Crippen LogP contribution in [0.5, 0.6) is 0 Å². The third-order valence-corrected chi connectivity index (χ3v) is 5.51. The van der Waals surface area contributed by atoms with Crippen molar-refractivity contribution < 1.29 is 23.9 Å². The van der Waals surface area contributed by atoms with Gasteiger partial charge in [0, 0.05) is 16.2 Å². The van der Waals surface area contributed by atoms with Crippen molar-refractivity contribution >= 4 is 39.2 Å². The lowest BCUT2D eigenvalue weighted by atomic mass is 10.0. The maximum absolute atomic E-state index is 13.7. The highest BCUT2D eigenvalue weighted by atomic mass is 79.9. The van der Waals surface area contributed by atoms with E-state index in [2.05, 4.69) is 20.9 Å². The van der Waals surface area contributed by atoms with Gasteiger partial charge < -0.3 is 13.9 Å². The van der Waals surface area contributed by atoms with Gasteiger partial charge in [-0.05, 0) is 48.5 Å². The van der Waals surface area contributed by atoms with Crippen LogP contribution in [0.3, 0.4) is 0 Å². The average molecular weight is 493 g/mol. The number of nitrogens with zero attached hydrogens (tertiary/aromatic N) is 2. The van der Waals surface area contributed by atoms with Crippen molar-refractivity contribution in [1.29, 1.82) is 0 Å². The number of fused-ring (bicyclic) bond motifs is 1. The Labute approximate surface area is 191 Å². The number of pyridine rings is 2. The van der Waals surface area contributed by atoms with Crippen LogP contribution in [0.1, 0.15) is 36.8 Å². The minimum Gasteiger partial charge on any atom is -0.465 e. The van der Waals surface area contributed by atoms with E-state index in [1.54, 1.807) is 65.2 Å². The topological polar surface area (TPSA) is 87.0 Å². The summed E-state index contributed by atoms with van der Waals surface area (Å²) in [5.74, 6) is -2.02. The van der Waals surface area contributed by atoms with Gasteiger partial charge in [0.25, 0.3) is 0 Å². The van der Waals surface area contributed by atoms with E-state index in [0.29, 0.717) is 22.5 Å². The number of carbonyl (C=O) groups excluding carboxylic acids is 3. The molecule has 0 radical (unpaired) electrons. The van der Waals surface area contributed by atoms with Crippen LogP contribution in [0, 0.1) is 0 Å².